The highest BCUT2D eigenvalue weighted by Gasteiger charge is 2.24. The number of carbonyl (C=O) groups is 1. The first kappa shape index (κ1) is 18.1. The number of amides is 1. The lowest BCUT2D eigenvalue weighted by molar-refractivity contribution is 0.0622. The molecule has 144 valence electrons. The summed E-state index contributed by atoms with van der Waals surface area (Å²) in [6.07, 6.45) is 0. The summed E-state index contributed by atoms with van der Waals surface area (Å²) in [5, 5.41) is 3.90. The summed E-state index contributed by atoms with van der Waals surface area (Å²) in [5.41, 5.74) is 1.41. The summed E-state index contributed by atoms with van der Waals surface area (Å²) < 4.78 is 4.99. The molecule has 3 heterocycles. The maximum atomic E-state index is 12.8. The summed E-state index contributed by atoms with van der Waals surface area (Å²) in [6.45, 7) is 4.84. The smallest absolute Gasteiger partial charge is 0.261 e. The molecule has 0 saturated carbocycles. The van der Waals surface area contributed by atoms with E-state index in [9.17, 15) is 9.59 Å². The number of aromatic amines is 1. The Hall–Kier alpha value is -3.26. The second kappa shape index (κ2) is 7.77. The SMILES string of the molecule is Cc1nc(CN2CCN(C(=O)c3ccc(-c4ccccc4)[nH]c3=O)CC2)no1. The molecule has 0 bridgehead atoms. The summed E-state index contributed by atoms with van der Waals surface area (Å²) in [4.78, 5) is 36.1. The van der Waals surface area contributed by atoms with Crippen LogP contribution in [-0.2, 0) is 6.54 Å². The van der Waals surface area contributed by atoms with Crippen molar-refractivity contribution in [2.24, 2.45) is 0 Å². The molecule has 1 aromatic carbocycles. The van der Waals surface area contributed by atoms with Gasteiger partial charge in [0, 0.05) is 38.8 Å². The van der Waals surface area contributed by atoms with E-state index in [-0.39, 0.29) is 17.0 Å². The van der Waals surface area contributed by atoms with Crippen LogP contribution >= 0.6 is 0 Å². The third-order valence-corrected chi connectivity index (χ3v) is 4.82. The highest BCUT2D eigenvalue weighted by molar-refractivity contribution is 5.94. The maximum absolute atomic E-state index is 12.8. The van der Waals surface area contributed by atoms with E-state index in [2.05, 4.69) is 20.0 Å². The molecular weight excluding hydrogens is 358 g/mol. The number of aromatic nitrogens is 3. The lowest BCUT2D eigenvalue weighted by Gasteiger charge is -2.33. The van der Waals surface area contributed by atoms with E-state index in [0.29, 0.717) is 50.1 Å². The van der Waals surface area contributed by atoms with Crippen molar-refractivity contribution in [3.05, 3.63) is 70.1 Å². The topological polar surface area (TPSA) is 95.3 Å². The summed E-state index contributed by atoms with van der Waals surface area (Å²) in [7, 11) is 0. The third-order valence-electron chi connectivity index (χ3n) is 4.82. The van der Waals surface area contributed by atoms with Gasteiger partial charge < -0.3 is 14.4 Å². The maximum Gasteiger partial charge on any atom is 0.261 e. The number of hydrogen-bond donors (Lipinski definition) is 1. The first-order chi connectivity index (χ1) is 13.6. The molecule has 0 aliphatic carbocycles. The molecule has 3 aromatic rings. The van der Waals surface area contributed by atoms with Crippen LogP contribution in [0.3, 0.4) is 0 Å². The number of benzene rings is 1. The number of aryl methyl sites for hydroxylation is 1. The molecule has 8 heteroatoms. The van der Waals surface area contributed by atoms with E-state index in [0.717, 1.165) is 5.56 Å². The number of rotatable bonds is 4. The first-order valence-corrected chi connectivity index (χ1v) is 9.20. The molecule has 1 fully saturated rings. The van der Waals surface area contributed by atoms with Crippen molar-refractivity contribution in [2.45, 2.75) is 13.5 Å². The zero-order valence-corrected chi connectivity index (χ0v) is 15.6. The molecule has 0 unspecified atom stereocenters. The molecule has 4 rings (SSSR count). The van der Waals surface area contributed by atoms with E-state index in [1.807, 2.05) is 30.3 Å². The van der Waals surface area contributed by atoms with Crippen molar-refractivity contribution in [1.29, 1.82) is 0 Å². The Morgan fingerprint density at radius 1 is 1.11 bits per heavy atom. The van der Waals surface area contributed by atoms with Gasteiger partial charge in [0.2, 0.25) is 5.89 Å². The lowest BCUT2D eigenvalue weighted by Crippen LogP contribution is -2.49. The standard InChI is InChI=1S/C20H21N5O3/c1-14-21-18(23-28-14)13-24-9-11-25(12-10-24)20(27)16-7-8-17(22-19(16)26)15-5-3-2-4-6-15/h2-8H,9-13H2,1H3,(H,22,26). The molecule has 0 spiro atoms. The Morgan fingerprint density at radius 3 is 2.50 bits per heavy atom. The largest absolute Gasteiger partial charge is 0.340 e. The normalized spacial score (nSPS) is 15.0. The Labute approximate surface area is 161 Å². The van der Waals surface area contributed by atoms with Gasteiger partial charge in [0.15, 0.2) is 5.82 Å². The molecule has 28 heavy (non-hydrogen) atoms. The van der Waals surface area contributed by atoms with E-state index in [4.69, 9.17) is 4.52 Å². The van der Waals surface area contributed by atoms with Gasteiger partial charge >= 0.3 is 0 Å². The van der Waals surface area contributed by atoms with Crippen molar-refractivity contribution in [1.82, 2.24) is 24.9 Å². The highest BCUT2D eigenvalue weighted by Crippen LogP contribution is 2.15. The minimum Gasteiger partial charge on any atom is -0.340 e. The zero-order chi connectivity index (χ0) is 19.5. The number of piperazine rings is 1. The van der Waals surface area contributed by atoms with Crippen molar-refractivity contribution in [2.75, 3.05) is 26.2 Å². The van der Waals surface area contributed by atoms with Crippen LogP contribution < -0.4 is 5.56 Å². The number of carbonyl (C=O) groups excluding carboxylic acids is 1. The van der Waals surface area contributed by atoms with Crippen LogP contribution in [0, 0.1) is 6.92 Å². The van der Waals surface area contributed by atoms with Crippen molar-refractivity contribution < 1.29 is 9.32 Å². The van der Waals surface area contributed by atoms with Crippen LogP contribution in [0.25, 0.3) is 11.3 Å². The summed E-state index contributed by atoms with van der Waals surface area (Å²) in [5.74, 6) is 0.947. The number of H-pyrrole nitrogens is 1. The number of pyridine rings is 1. The fraction of sp³-hybridized carbons (Fsp3) is 0.300. The van der Waals surface area contributed by atoms with Gasteiger partial charge in [-0.25, -0.2) is 0 Å². The van der Waals surface area contributed by atoms with Crippen molar-refractivity contribution in [3.63, 3.8) is 0 Å². The average molecular weight is 379 g/mol. The van der Waals surface area contributed by atoms with Crippen LogP contribution in [-0.4, -0.2) is 57.0 Å². The molecule has 0 radical (unpaired) electrons. The monoisotopic (exact) mass is 379 g/mol. The molecule has 1 aliphatic heterocycles. The van der Waals surface area contributed by atoms with Gasteiger partial charge in [-0.2, -0.15) is 4.98 Å². The van der Waals surface area contributed by atoms with Crippen molar-refractivity contribution in [3.8, 4) is 11.3 Å². The second-order valence-corrected chi connectivity index (χ2v) is 6.78. The molecule has 0 atom stereocenters. The third kappa shape index (κ3) is 3.86. The molecular formula is C20H21N5O3. The lowest BCUT2D eigenvalue weighted by atomic mass is 10.1. The number of nitrogens with zero attached hydrogens (tertiary/aromatic N) is 4. The fourth-order valence-corrected chi connectivity index (χ4v) is 3.31. The predicted octanol–water partition coefficient (Wildman–Crippen LogP) is 1.69. The van der Waals surface area contributed by atoms with E-state index in [1.54, 1.807) is 24.0 Å². The van der Waals surface area contributed by atoms with E-state index in [1.165, 1.54) is 0 Å². The molecule has 1 aliphatic rings. The van der Waals surface area contributed by atoms with Gasteiger partial charge in [0.1, 0.15) is 5.56 Å². The van der Waals surface area contributed by atoms with Gasteiger partial charge in [0.05, 0.1) is 6.54 Å². The van der Waals surface area contributed by atoms with Crippen LogP contribution in [0.4, 0.5) is 0 Å². The molecule has 1 saturated heterocycles. The van der Waals surface area contributed by atoms with Crippen LogP contribution in [0.5, 0.6) is 0 Å². The minimum atomic E-state index is -0.365. The molecule has 2 aromatic heterocycles. The molecule has 1 amide bonds. The molecule has 8 nitrogen and oxygen atoms in total. The summed E-state index contributed by atoms with van der Waals surface area (Å²) in [6, 6.07) is 12.9. The van der Waals surface area contributed by atoms with Gasteiger partial charge in [0.25, 0.3) is 11.5 Å². The van der Waals surface area contributed by atoms with Crippen LogP contribution in [0.1, 0.15) is 22.1 Å². The Bertz CT molecular complexity index is 1020. The number of hydrogen-bond acceptors (Lipinski definition) is 6. The zero-order valence-electron chi connectivity index (χ0n) is 15.6. The van der Waals surface area contributed by atoms with Crippen LogP contribution in [0.2, 0.25) is 0 Å². The highest BCUT2D eigenvalue weighted by atomic mass is 16.5. The van der Waals surface area contributed by atoms with Gasteiger partial charge in [-0.05, 0) is 17.7 Å². The Morgan fingerprint density at radius 2 is 1.86 bits per heavy atom. The van der Waals surface area contributed by atoms with E-state index >= 15 is 0 Å². The van der Waals surface area contributed by atoms with Crippen molar-refractivity contribution >= 4 is 5.91 Å². The quantitative estimate of drug-likeness (QED) is 0.741. The summed E-state index contributed by atoms with van der Waals surface area (Å²) >= 11 is 0. The van der Waals surface area contributed by atoms with Gasteiger partial charge in [-0.15, -0.1) is 0 Å². The Balaban J connectivity index is 1.40. The van der Waals surface area contributed by atoms with Gasteiger partial charge in [-0.3, -0.25) is 14.5 Å². The fourth-order valence-electron chi connectivity index (χ4n) is 3.31. The first-order valence-electron chi connectivity index (χ1n) is 9.20. The Kier molecular flexibility index (Phi) is 5.03. The average Bonchev–Trinajstić information content (AvgIpc) is 3.13. The van der Waals surface area contributed by atoms with Gasteiger partial charge in [-0.1, -0.05) is 35.5 Å². The van der Waals surface area contributed by atoms with Crippen LogP contribution in [0.15, 0.2) is 51.8 Å². The van der Waals surface area contributed by atoms with E-state index < -0.39 is 0 Å². The minimum absolute atomic E-state index is 0.168. The predicted molar refractivity (Wildman–Crippen MR) is 103 cm³/mol. The molecule has 1 N–H and O–H groups in total. The number of nitrogens with one attached hydrogen (secondary N) is 1. The second-order valence-electron chi connectivity index (χ2n) is 6.78.